The number of nitrogens with one attached hydrogen (secondary N) is 1. The first-order valence-corrected chi connectivity index (χ1v) is 6.06. The molecule has 0 aromatic carbocycles. The minimum atomic E-state index is -0.890. The zero-order valence-electron chi connectivity index (χ0n) is 9.46. The van der Waals surface area contributed by atoms with Gasteiger partial charge in [-0.05, 0) is 42.4 Å². The van der Waals surface area contributed by atoms with Crippen LogP contribution in [-0.2, 0) is 4.79 Å². The van der Waals surface area contributed by atoms with Gasteiger partial charge in [0.1, 0.15) is 6.04 Å². The van der Waals surface area contributed by atoms with Gasteiger partial charge in [0.2, 0.25) is 0 Å². The van der Waals surface area contributed by atoms with Crippen LogP contribution in [0.2, 0.25) is 0 Å². The molecule has 0 aliphatic rings. The van der Waals surface area contributed by atoms with Gasteiger partial charge in [-0.2, -0.15) is 0 Å². The Morgan fingerprint density at radius 1 is 1.76 bits per heavy atom. The number of thiophene rings is 1. The predicted molar refractivity (Wildman–Crippen MR) is 66.1 cm³/mol. The first-order chi connectivity index (χ1) is 8.16. The summed E-state index contributed by atoms with van der Waals surface area (Å²) in [7, 11) is 0. The highest BCUT2D eigenvalue weighted by Gasteiger charge is 2.21. The second kappa shape index (κ2) is 6.90. The molecule has 1 aromatic heterocycles. The highest BCUT2D eigenvalue weighted by atomic mass is 32.1. The van der Waals surface area contributed by atoms with E-state index in [1.807, 2.05) is 18.4 Å². The zero-order chi connectivity index (χ0) is 12.7. The van der Waals surface area contributed by atoms with Crippen LogP contribution < -0.4 is 5.32 Å². The van der Waals surface area contributed by atoms with Crippen LogP contribution in [0.4, 0.5) is 0 Å². The molecule has 0 aliphatic heterocycles. The molecule has 0 saturated heterocycles. The molecule has 7 heteroatoms. The summed E-state index contributed by atoms with van der Waals surface area (Å²) < 4.78 is 0. The van der Waals surface area contributed by atoms with Crippen LogP contribution in [0, 0.1) is 6.92 Å². The molecule has 0 radical (unpaired) electrons. The van der Waals surface area contributed by atoms with Gasteiger partial charge in [-0.3, -0.25) is 4.79 Å². The number of aryl methyl sites for hydroxylation is 1. The second-order valence-corrected chi connectivity index (χ2v) is 4.45. The van der Waals surface area contributed by atoms with E-state index in [0.29, 0.717) is 19.5 Å². The predicted octanol–water partition coefficient (Wildman–Crippen LogP) is 2.47. The summed E-state index contributed by atoms with van der Waals surface area (Å²) >= 11 is 1.43. The molecule has 1 heterocycles. The number of hydrogen-bond acceptors (Lipinski definition) is 4. The Labute approximate surface area is 103 Å². The van der Waals surface area contributed by atoms with Crippen LogP contribution in [0.3, 0.4) is 0 Å². The molecule has 6 nitrogen and oxygen atoms in total. The molecule has 2 N–H and O–H groups in total. The summed E-state index contributed by atoms with van der Waals surface area (Å²) in [4.78, 5) is 14.6. The standard InChI is InChI=1S/C10H14N4O2S/c1-7-3-6-17-9(7)8(10(15)16)12-4-2-5-13-14-11/h3,6,8,12H,2,4-5H2,1H3,(H,15,16). The number of rotatable bonds is 7. The quantitative estimate of drug-likeness (QED) is 0.338. The summed E-state index contributed by atoms with van der Waals surface area (Å²) in [6.45, 7) is 2.77. The Morgan fingerprint density at radius 2 is 2.53 bits per heavy atom. The molecular weight excluding hydrogens is 240 g/mol. The SMILES string of the molecule is Cc1ccsc1C(NCCCN=[N+]=[N-])C(=O)O. The zero-order valence-corrected chi connectivity index (χ0v) is 10.3. The van der Waals surface area contributed by atoms with Crippen molar-refractivity contribution < 1.29 is 9.90 Å². The van der Waals surface area contributed by atoms with E-state index < -0.39 is 12.0 Å². The van der Waals surface area contributed by atoms with E-state index in [2.05, 4.69) is 15.3 Å². The van der Waals surface area contributed by atoms with Gasteiger partial charge in [-0.25, -0.2) is 0 Å². The first kappa shape index (κ1) is 13.5. The summed E-state index contributed by atoms with van der Waals surface area (Å²) in [5, 5.41) is 17.4. The van der Waals surface area contributed by atoms with E-state index in [4.69, 9.17) is 10.6 Å². The Balaban J connectivity index is 2.53. The largest absolute Gasteiger partial charge is 0.480 e. The highest BCUT2D eigenvalue weighted by molar-refractivity contribution is 7.10. The Hall–Kier alpha value is -1.56. The molecule has 0 bridgehead atoms. The monoisotopic (exact) mass is 254 g/mol. The van der Waals surface area contributed by atoms with Crippen LogP contribution >= 0.6 is 11.3 Å². The highest BCUT2D eigenvalue weighted by Crippen LogP contribution is 2.23. The van der Waals surface area contributed by atoms with Gasteiger partial charge < -0.3 is 10.4 Å². The minimum Gasteiger partial charge on any atom is -0.480 e. The Bertz CT molecular complexity index is 426. The van der Waals surface area contributed by atoms with E-state index in [9.17, 15) is 4.79 Å². The molecule has 0 amide bonds. The Kier molecular flexibility index (Phi) is 5.48. The van der Waals surface area contributed by atoms with Gasteiger partial charge in [-0.1, -0.05) is 5.11 Å². The fourth-order valence-corrected chi connectivity index (χ4v) is 2.41. The maximum Gasteiger partial charge on any atom is 0.326 e. The van der Waals surface area contributed by atoms with Gasteiger partial charge in [0.25, 0.3) is 0 Å². The average molecular weight is 254 g/mol. The number of hydrogen-bond donors (Lipinski definition) is 2. The van der Waals surface area contributed by atoms with Crippen LogP contribution in [-0.4, -0.2) is 24.2 Å². The van der Waals surface area contributed by atoms with E-state index in [1.54, 1.807) is 0 Å². The van der Waals surface area contributed by atoms with E-state index >= 15 is 0 Å². The van der Waals surface area contributed by atoms with Gasteiger partial charge in [-0.15, -0.1) is 11.3 Å². The van der Waals surface area contributed by atoms with Crippen LogP contribution in [0.1, 0.15) is 22.9 Å². The van der Waals surface area contributed by atoms with Gasteiger partial charge in [0.05, 0.1) is 0 Å². The van der Waals surface area contributed by atoms with Gasteiger partial charge >= 0.3 is 5.97 Å². The molecule has 92 valence electrons. The minimum absolute atomic E-state index is 0.374. The number of carboxylic acid groups (broad SMARTS) is 1. The first-order valence-electron chi connectivity index (χ1n) is 5.18. The van der Waals surface area contributed by atoms with Crippen molar-refractivity contribution in [2.45, 2.75) is 19.4 Å². The summed E-state index contributed by atoms with van der Waals surface area (Å²) in [6.07, 6.45) is 0.623. The number of nitrogens with zero attached hydrogens (tertiary/aromatic N) is 3. The van der Waals surface area contributed by atoms with Crippen LogP contribution in [0.15, 0.2) is 16.6 Å². The lowest BCUT2D eigenvalue weighted by Crippen LogP contribution is -2.29. The second-order valence-electron chi connectivity index (χ2n) is 3.50. The number of carboxylic acids is 1. The maximum absolute atomic E-state index is 11.1. The van der Waals surface area contributed by atoms with Crippen LogP contribution in [0.25, 0.3) is 10.4 Å². The normalized spacial score (nSPS) is 11.8. The van der Waals surface area contributed by atoms with Crippen molar-refractivity contribution in [1.82, 2.24) is 5.32 Å². The number of aliphatic carboxylic acids is 1. The van der Waals surface area contributed by atoms with Gasteiger partial charge in [0.15, 0.2) is 0 Å². The summed E-state index contributed by atoms with van der Waals surface area (Å²) in [6, 6.07) is 1.22. The number of carbonyl (C=O) groups is 1. The fraction of sp³-hybridized carbons (Fsp3) is 0.500. The maximum atomic E-state index is 11.1. The third-order valence-electron chi connectivity index (χ3n) is 2.26. The number of azide groups is 1. The van der Waals surface area contributed by atoms with Crippen molar-refractivity contribution in [2.24, 2.45) is 5.11 Å². The summed E-state index contributed by atoms with van der Waals surface area (Å²) in [5.41, 5.74) is 9.07. The lowest BCUT2D eigenvalue weighted by atomic mass is 10.1. The van der Waals surface area contributed by atoms with Crippen molar-refractivity contribution in [3.05, 3.63) is 32.3 Å². The molecule has 0 aliphatic carbocycles. The fourth-order valence-electron chi connectivity index (χ4n) is 1.41. The lowest BCUT2D eigenvalue weighted by Gasteiger charge is -2.13. The molecule has 1 rings (SSSR count). The van der Waals surface area contributed by atoms with Gasteiger partial charge in [0, 0.05) is 16.3 Å². The molecule has 17 heavy (non-hydrogen) atoms. The third-order valence-corrected chi connectivity index (χ3v) is 3.34. The van der Waals surface area contributed by atoms with E-state index in [1.165, 1.54) is 11.3 Å². The van der Waals surface area contributed by atoms with Crippen molar-refractivity contribution in [2.75, 3.05) is 13.1 Å². The molecular formula is C10H14N4O2S. The molecule has 0 fully saturated rings. The molecule has 1 unspecified atom stereocenters. The molecule has 1 atom stereocenters. The van der Waals surface area contributed by atoms with Crippen molar-refractivity contribution in [3.63, 3.8) is 0 Å². The van der Waals surface area contributed by atoms with E-state index in [0.717, 1.165) is 10.4 Å². The summed E-state index contributed by atoms with van der Waals surface area (Å²) in [5.74, 6) is -0.890. The molecule has 0 spiro atoms. The molecule has 1 aromatic rings. The molecule has 0 saturated carbocycles. The lowest BCUT2D eigenvalue weighted by molar-refractivity contribution is -0.139. The van der Waals surface area contributed by atoms with Crippen LogP contribution in [0.5, 0.6) is 0 Å². The Morgan fingerprint density at radius 3 is 3.06 bits per heavy atom. The third kappa shape index (κ3) is 4.07. The van der Waals surface area contributed by atoms with Crippen molar-refractivity contribution in [3.8, 4) is 0 Å². The van der Waals surface area contributed by atoms with Crippen molar-refractivity contribution in [1.29, 1.82) is 0 Å². The smallest absolute Gasteiger partial charge is 0.326 e. The topological polar surface area (TPSA) is 98.1 Å². The van der Waals surface area contributed by atoms with Crippen molar-refractivity contribution >= 4 is 17.3 Å². The average Bonchev–Trinajstić information content (AvgIpc) is 2.69. The van der Waals surface area contributed by atoms with E-state index in [-0.39, 0.29) is 0 Å².